The molecule has 0 saturated carbocycles. The van der Waals surface area contributed by atoms with E-state index in [0.717, 1.165) is 6.42 Å². The Morgan fingerprint density at radius 3 is 2.60 bits per heavy atom. The molecule has 0 fully saturated rings. The fraction of sp³-hybridized carbons (Fsp3) is 0.733. The van der Waals surface area contributed by atoms with Crippen LogP contribution >= 0.6 is 0 Å². The molecule has 0 saturated heterocycles. The summed E-state index contributed by atoms with van der Waals surface area (Å²) in [5, 5.41) is 6.73. The van der Waals surface area contributed by atoms with Crippen LogP contribution in [-0.4, -0.2) is 28.9 Å². The van der Waals surface area contributed by atoms with Gasteiger partial charge >= 0.3 is 0 Å². The second-order valence-corrected chi connectivity index (χ2v) is 5.06. The van der Waals surface area contributed by atoms with Crippen LogP contribution in [0.2, 0.25) is 0 Å². The number of unbranched alkanes of at least 4 members (excludes halogenated alkanes) is 6. The largest absolute Gasteiger partial charge is 0.372 e. The predicted molar refractivity (Wildman–Crippen MR) is 80.6 cm³/mol. The van der Waals surface area contributed by atoms with Gasteiger partial charge in [0.2, 0.25) is 0 Å². The zero-order valence-corrected chi connectivity index (χ0v) is 12.7. The van der Waals surface area contributed by atoms with Gasteiger partial charge < -0.3 is 10.1 Å². The molecular weight excluding hydrogens is 254 g/mol. The summed E-state index contributed by atoms with van der Waals surface area (Å²) >= 11 is 0. The Bertz CT molecular complexity index is 377. The van der Waals surface area contributed by atoms with E-state index < -0.39 is 0 Å². The molecule has 0 aromatic carbocycles. The molecular formula is C15H27N3O2. The SMILES string of the molecule is CCCCCCCCCOCC(=O)Nc1ccnn1C. The summed E-state index contributed by atoms with van der Waals surface area (Å²) in [4.78, 5) is 11.6. The van der Waals surface area contributed by atoms with Crippen molar-refractivity contribution >= 4 is 11.7 Å². The van der Waals surface area contributed by atoms with E-state index in [-0.39, 0.29) is 12.5 Å². The molecule has 1 rings (SSSR count). The van der Waals surface area contributed by atoms with Gasteiger partial charge in [0, 0.05) is 19.7 Å². The summed E-state index contributed by atoms with van der Waals surface area (Å²) in [5.41, 5.74) is 0. The molecule has 0 aliphatic carbocycles. The molecule has 5 heteroatoms. The Morgan fingerprint density at radius 2 is 1.95 bits per heavy atom. The number of hydrogen-bond acceptors (Lipinski definition) is 3. The Hall–Kier alpha value is -1.36. The third-order valence-corrected chi connectivity index (χ3v) is 3.21. The molecule has 0 aliphatic heterocycles. The van der Waals surface area contributed by atoms with Gasteiger partial charge in [0.1, 0.15) is 12.4 Å². The van der Waals surface area contributed by atoms with Gasteiger partial charge in [-0.1, -0.05) is 45.4 Å². The second-order valence-electron chi connectivity index (χ2n) is 5.06. The van der Waals surface area contributed by atoms with Crippen molar-refractivity contribution in [1.29, 1.82) is 0 Å². The topological polar surface area (TPSA) is 56.1 Å². The number of carbonyl (C=O) groups is 1. The molecule has 114 valence electrons. The third kappa shape index (κ3) is 7.28. The highest BCUT2D eigenvalue weighted by Crippen LogP contribution is 2.07. The quantitative estimate of drug-likeness (QED) is 0.634. The van der Waals surface area contributed by atoms with Crippen molar-refractivity contribution in [1.82, 2.24) is 9.78 Å². The third-order valence-electron chi connectivity index (χ3n) is 3.21. The zero-order chi connectivity index (χ0) is 14.6. The number of amides is 1. The molecule has 1 aromatic heterocycles. The fourth-order valence-electron chi connectivity index (χ4n) is 2.00. The molecule has 0 spiro atoms. The van der Waals surface area contributed by atoms with Crippen molar-refractivity contribution in [3.63, 3.8) is 0 Å². The van der Waals surface area contributed by atoms with Crippen LogP contribution in [0.1, 0.15) is 51.9 Å². The summed E-state index contributed by atoms with van der Waals surface area (Å²) < 4.78 is 6.99. The summed E-state index contributed by atoms with van der Waals surface area (Å²) in [7, 11) is 1.79. The number of nitrogens with zero attached hydrogens (tertiary/aromatic N) is 2. The Balaban J connectivity index is 1.93. The first-order chi connectivity index (χ1) is 9.74. The standard InChI is InChI=1S/C15H27N3O2/c1-3-4-5-6-7-8-9-12-20-13-15(19)17-14-10-11-16-18(14)2/h10-11H,3-9,12-13H2,1-2H3,(H,17,19). The fourth-order valence-corrected chi connectivity index (χ4v) is 2.00. The van der Waals surface area contributed by atoms with E-state index in [9.17, 15) is 4.79 Å². The Kier molecular flexibility index (Phi) is 8.71. The Morgan fingerprint density at radius 1 is 1.25 bits per heavy atom. The maximum absolute atomic E-state index is 11.6. The minimum Gasteiger partial charge on any atom is -0.372 e. The van der Waals surface area contributed by atoms with Gasteiger partial charge in [-0.15, -0.1) is 0 Å². The Labute approximate surface area is 121 Å². The lowest BCUT2D eigenvalue weighted by Crippen LogP contribution is -2.20. The van der Waals surface area contributed by atoms with Crippen LogP contribution in [0, 0.1) is 0 Å². The van der Waals surface area contributed by atoms with E-state index >= 15 is 0 Å². The van der Waals surface area contributed by atoms with Crippen LogP contribution in [-0.2, 0) is 16.6 Å². The molecule has 0 atom stereocenters. The number of carbonyl (C=O) groups excluding carboxylic acids is 1. The average Bonchev–Trinajstić information content (AvgIpc) is 2.82. The van der Waals surface area contributed by atoms with E-state index in [2.05, 4.69) is 17.3 Å². The lowest BCUT2D eigenvalue weighted by atomic mass is 10.1. The van der Waals surface area contributed by atoms with Crippen molar-refractivity contribution in [2.75, 3.05) is 18.5 Å². The number of aromatic nitrogens is 2. The maximum Gasteiger partial charge on any atom is 0.251 e. The average molecular weight is 281 g/mol. The van der Waals surface area contributed by atoms with Gasteiger partial charge in [0.15, 0.2) is 0 Å². The van der Waals surface area contributed by atoms with Gasteiger partial charge in [-0.05, 0) is 6.42 Å². The van der Waals surface area contributed by atoms with Crippen molar-refractivity contribution in [3.8, 4) is 0 Å². The van der Waals surface area contributed by atoms with Crippen molar-refractivity contribution in [2.45, 2.75) is 51.9 Å². The summed E-state index contributed by atoms with van der Waals surface area (Å²) in [6, 6.07) is 1.76. The van der Waals surface area contributed by atoms with Crippen LogP contribution in [0.4, 0.5) is 5.82 Å². The number of nitrogens with one attached hydrogen (secondary N) is 1. The first-order valence-corrected chi connectivity index (χ1v) is 7.59. The van der Waals surface area contributed by atoms with Crippen molar-refractivity contribution in [3.05, 3.63) is 12.3 Å². The summed E-state index contributed by atoms with van der Waals surface area (Å²) in [6.45, 7) is 3.00. The van der Waals surface area contributed by atoms with Crippen LogP contribution in [0.25, 0.3) is 0 Å². The molecule has 1 amide bonds. The lowest BCUT2D eigenvalue weighted by Gasteiger charge is -2.06. The van der Waals surface area contributed by atoms with Gasteiger partial charge in [-0.25, -0.2) is 0 Å². The number of rotatable bonds is 11. The van der Waals surface area contributed by atoms with Crippen LogP contribution in [0.5, 0.6) is 0 Å². The number of ether oxygens (including phenoxy) is 1. The summed E-state index contributed by atoms with van der Waals surface area (Å²) in [5.74, 6) is 0.561. The maximum atomic E-state index is 11.6. The molecule has 0 radical (unpaired) electrons. The first-order valence-electron chi connectivity index (χ1n) is 7.59. The van der Waals surface area contributed by atoms with Gasteiger partial charge in [-0.2, -0.15) is 5.10 Å². The van der Waals surface area contributed by atoms with E-state index in [4.69, 9.17) is 4.74 Å². The number of hydrogen-bond donors (Lipinski definition) is 1. The highest BCUT2D eigenvalue weighted by molar-refractivity contribution is 5.90. The molecule has 1 aromatic rings. The first kappa shape index (κ1) is 16.7. The second kappa shape index (κ2) is 10.4. The number of anilines is 1. The van der Waals surface area contributed by atoms with Crippen molar-refractivity contribution < 1.29 is 9.53 Å². The van der Waals surface area contributed by atoms with Crippen molar-refractivity contribution in [2.24, 2.45) is 7.05 Å². The highest BCUT2D eigenvalue weighted by atomic mass is 16.5. The number of aryl methyl sites for hydroxylation is 1. The molecule has 0 aliphatic rings. The van der Waals surface area contributed by atoms with E-state index in [1.165, 1.54) is 38.5 Å². The highest BCUT2D eigenvalue weighted by Gasteiger charge is 2.04. The molecule has 0 unspecified atom stereocenters. The van der Waals surface area contributed by atoms with Gasteiger partial charge in [0.25, 0.3) is 5.91 Å². The van der Waals surface area contributed by atoms with Crippen LogP contribution in [0.15, 0.2) is 12.3 Å². The lowest BCUT2D eigenvalue weighted by molar-refractivity contribution is -0.120. The smallest absolute Gasteiger partial charge is 0.251 e. The van der Waals surface area contributed by atoms with Crippen LogP contribution in [0.3, 0.4) is 0 Å². The molecule has 0 bridgehead atoms. The monoisotopic (exact) mass is 281 g/mol. The predicted octanol–water partition coefficient (Wildman–Crippen LogP) is 3.13. The van der Waals surface area contributed by atoms with E-state index in [0.29, 0.717) is 12.4 Å². The van der Waals surface area contributed by atoms with E-state index in [1.54, 1.807) is 24.0 Å². The molecule has 1 N–H and O–H groups in total. The molecule has 20 heavy (non-hydrogen) atoms. The molecule has 5 nitrogen and oxygen atoms in total. The van der Waals surface area contributed by atoms with Gasteiger partial charge in [-0.3, -0.25) is 9.48 Å². The minimum atomic E-state index is -0.128. The molecule has 1 heterocycles. The van der Waals surface area contributed by atoms with E-state index in [1.807, 2.05) is 0 Å². The van der Waals surface area contributed by atoms with Crippen LogP contribution < -0.4 is 5.32 Å². The summed E-state index contributed by atoms with van der Waals surface area (Å²) in [6.07, 6.45) is 10.4. The van der Waals surface area contributed by atoms with Gasteiger partial charge in [0.05, 0.1) is 6.20 Å². The normalized spacial score (nSPS) is 10.7. The minimum absolute atomic E-state index is 0.112. The zero-order valence-electron chi connectivity index (χ0n) is 12.7.